The Hall–Kier alpha value is -1.66. The standard InChI is InChI=1S/C18H18Br2N2O2/c1-3-16(13-7-5-4-6-8-13)21-22-17(23)11-24-18-14(19)9-12(2)10-15(18)20/h4-10H,3,11H2,1-2H3,(H,22,23)/b21-16-. The lowest BCUT2D eigenvalue weighted by Gasteiger charge is -2.11. The normalized spacial score (nSPS) is 11.2. The largest absolute Gasteiger partial charge is 0.481 e. The molecule has 2 aromatic rings. The second-order valence-corrected chi connectivity index (χ2v) is 6.87. The monoisotopic (exact) mass is 452 g/mol. The summed E-state index contributed by atoms with van der Waals surface area (Å²) in [5, 5.41) is 4.20. The predicted octanol–water partition coefficient (Wildman–Crippen LogP) is 4.83. The van der Waals surface area contributed by atoms with Crippen molar-refractivity contribution < 1.29 is 9.53 Å². The van der Waals surface area contributed by atoms with E-state index in [1.54, 1.807) is 0 Å². The van der Waals surface area contributed by atoms with E-state index in [4.69, 9.17) is 4.74 Å². The number of aryl methyl sites for hydroxylation is 1. The molecule has 0 aliphatic carbocycles. The number of hydrogen-bond donors (Lipinski definition) is 1. The number of halogens is 2. The molecule has 0 saturated carbocycles. The van der Waals surface area contributed by atoms with E-state index in [9.17, 15) is 4.79 Å². The predicted molar refractivity (Wildman–Crippen MR) is 103 cm³/mol. The van der Waals surface area contributed by atoms with Crippen LogP contribution >= 0.6 is 31.9 Å². The smallest absolute Gasteiger partial charge is 0.277 e. The van der Waals surface area contributed by atoms with Gasteiger partial charge in [0.15, 0.2) is 6.61 Å². The van der Waals surface area contributed by atoms with Crippen molar-refractivity contribution in [3.63, 3.8) is 0 Å². The first kappa shape index (κ1) is 18.7. The molecule has 0 bridgehead atoms. The third-order valence-electron chi connectivity index (χ3n) is 3.25. The van der Waals surface area contributed by atoms with E-state index < -0.39 is 0 Å². The summed E-state index contributed by atoms with van der Waals surface area (Å²) >= 11 is 6.88. The van der Waals surface area contributed by atoms with Crippen molar-refractivity contribution >= 4 is 43.5 Å². The Bertz CT molecular complexity index is 723. The van der Waals surface area contributed by atoms with Gasteiger partial charge in [0.2, 0.25) is 0 Å². The summed E-state index contributed by atoms with van der Waals surface area (Å²) < 4.78 is 7.17. The van der Waals surface area contributed by atoms with E-state index in [0.717, 1.165) is 32.2 Å². The zero-order chi connectivity index (χ0) is 17.5. The fraction of sp³-hybridized carbons (Fsp3) is 0.222. The van der Waals surface area contributed by atoms with Crippen LogP contribution in [0.2, 0.25) is 0 Å². The first-order valence-electron chi connectivity index (χ1n) is 7.50. The van der Waals surface area contributed by atoms with Crippen LogP contribution in [0.25, 0.3) is 0 Å². The van der Waals surface area contributed by atoms with Crippen LogP contribution in [0.5, 0.6) is 5.75 Å². The number of amides is 1. The van der Waals surface area contributed by atoms with Gasteiger partial charge in [-0.25, -0.2) is 5.43 Å². The summed E-state index contributed by atoms with van der Waals surface area (Å²) in [6.07, 6.45) is 0.722. The van der Waals surface area contributed by atoms with Gasteiger partial charge in [0, 0.05) is 0 Å². The van der Waals surface area contributed by atoms with Gasteiger partial charge >= 0.3 is 0 Å². The highest BCUT2D eigenvalue weighted by atomic mass is 79.9. The fourth-order valence-electron chi connectivity index (χ4n) is 2.10. The van der Waals surface area contributed by atoms with E-state index in [1.807, 2.05) is 56.3 Å². The lowest BCUT2D eigenvalue weighted by molar-refractivity contribution is -0.123. The van der Waals surface area contributed by atoms with Gasteiger partial charge in [-0.3, -0.25) is 4.79 Å². The second-order valence-electron chi connectivity index (χ2n) is 5.16. The van der Waals surface area contributed by atoms with Crippen LogP contribution in [0.4, 0.5) is 0 Å². The minimum absolute atomic E-state index is 0.116. The molecule has 0 unspecified atom stereocenters. The molecule has 0 atom stereocenters. The molecule has 4 nitrogen and oxygen atoms in total. The third kappa shape index (κ3) is 5.18. The van der Waals surface area contributed by atoms with Gasteiger partial charge in [-0.1, -0.05) is 37.3 Å². The van der Waals surface area contributed by atoms with Gasteiger partial charge in [0.25, 0.3) is 5.91 Å². The number of carbonyl (C=O) groups is 1. The van der Waals surface area contributed by atoms with E-state index >= 15 is 0 Å². The van der Waals surface area contributed by atoms with Crippen LogP contribution in [0.3, 0.4) is 0 Å². The molecule has 0 aliphatic heterocycles. The molecule has 2 aromatic carbocycles. The van der Waals surface area contributed by atoms with E-state index in [1.165, 1.54) is 0 Å². The number of benzene rings is 2. The third-order valence-corrected chi connectivity index (χ3v) is 4.43. The Morgan fingerprint density at radius 3 is 2.38 bits per heavy atom. The van der Waals surface area contributed by atoms with Crippen molar-refractivity contribution in [3.05, 3.63) is 62.5 Å². The van der Waals surface area contributed by atoms with Gasteiger partial charge in [-0.05, 0) is 68.5 Å². The highest BCUT2D eigenvalue weighted by Gasteiger charge is 2.10. The number of rotatable bonds is 6. The number of ether oxygens (including phenoxy) is 1. The number of nitrogens with zero attached hydrogens (tertiary/aromatic N) is 1. The van der Waals surface area contributed by atoms with Gasteiger partial charge in [0.1, 0.15) is 5.75 Å². The minimum atomic E-state index is -0.309. The molecule has 0 aliphatic rings. The Morgan fingerprint density at radius 1 is 1.17 bits per heavy atom. The Labute approximate surface area is 158 Å². The Kier molecular flexibility index (Phi) is 6.99. The highest BCUT2D eigenvalue weighted by Crippen LogP contribution is 2.34. The van der Waals surface area contributed by atoms with Gasteiger partial charge in [-0.2, -0.15) is 5.10 Å². The quantitative estimate of drug-likeness (QED) is 0.503. The molecule has 0 spiro atoms. The van der Waals surface area contributed by atoms with Gasteiger partial charge < -0.3 is 4.74 Å². The molecule has 0 fully saturated rings. The maximum absolute atomic E-state index is 12.0. The SMILES string of the molecule is CC/C(=N/NC(=O)COc1c(Br)cc(C)cc1Br)c1ccccc1. The molecule has 126 valence electrons. The zero-order valence-corrected chi connectivity index (χ0v) is 16.6. The fourth-order valence-corrected chi connectivity index (χ4v) is 3.75. The molecule has 1 amide bonds. The van der Waals surface area contributed by atoms with E-state index in [2.05, 4.69) is 42.4 Å². The number of hydrazone groups is 1. The lowest BCUT2D eigenvalue weighted by atomic mass is 10.1. The summed E-state index contributed by atoms with van der Waals surface area (Å²) in [5.41, 5.74) is 5.45. The van der Waals surface area contributed by atoms with E-state index in [-0.39, 0.29) is 12.5 Å². The van der Waals surface area contributed by atoms with Gasteiger partial charge in [0.05, 0.1) is 14.7 Å². The van der Waals surface area contributed by atoms with Crippen molar-refractivity contribution in [2.75, 3.05) is 6.61 Å². The molecule has 24 heavy (non-hydrogen) atoms. The van der Waals surface area contributed by atoms with Crippen molar-refractivity contribution in [2.24, 2.45) is 5.10 Å². The van der Waals surface area contributed by atoms with E-state index in [0.29, 0.717) is 5.75 Å². The van der Waals surface area contributed by atoms with Crippen molar-refractivity contribution in [1.29, 1.82) is 0 Å². The average molecular weight is 454 g/mol. The zero-order valence-electron chi connectivity index (χ0n) is 13.5. The first-order valence-corrected chi connectivity index (χ1v) is 9.09. The number of nitrogens with one attached hydrogen (secondary N) is 1. The maximum atomic E-state index is 12.0. The molecule has 0 aromatic heterocycles. The molecule has 6 heteroatoms. The van der Waals surface area contributed by atoms with Crippen molar-refractivity contribution in [2.45, 2.75) is 20.3 Å². The Balaban J connectivity index is 1.97. The molecular weight excluding hydrogens is 436 g/mol. The molecule has 0 saturated heterocycles. The van der Waals surface area contributed by atoms with Crippen LogP contribution in [0.15, 0.2) is 56.5 Å². The number of hydrogen-bond acceptors (Lipinski definition) is 3. The van der Waals surface area contributed by atoms with Crippen LogP contribution in [0, 0.1) is 6.92 Å². The summed E-state index contributed by atoms with van der Waals surface area (Å²) in [6, 6.07) is 13.6. The first-order chi connectivity index (χ1) is 11.5. The minimum Gasteiger partial charge on any atom is -0.481 e. The summed E-state index contributed by atoms with van der Waals surface area (Å²) in [7, 11) is 0. The topological polar surface area (TPSA) is 50.7 Å². The van der Waals surface area contributed by atoms with Crippen LogP contribution in [-0.4, -0.2) is 18.2 Å². The molecular formula is C18H18Br2N2O2. The second kappa shape index (κ2) is 8.99. The maximum Gasteiger partial charge on any atom is 0.277 e. The summed E-state index contributed by atoms with van der Waals surface area (Å²) in [5.74, 6) is 0.287. The van der Waals surface area contributed by atoms with Crippen LogP contribution in [-0.2, 0) is 4.79 Å². The summed E-state index contributed by atoms with van der Waals surface area (Å²) in [4.78, 5) is 12.0. The molecule has 0 heterocycles. The van der Waals surface area contributed by atoms with Crippen molar-refractivity contribution in [3.8, 4) is 5.75 Å². The van der Waals surface area contributed by atoms with Crippen LogP contribution in [0.1, 0.15) is 24.5 Å². The number of carbonyl (C=O) groups excluding carboxylic acids is 1. The van der Waals surface area contributed by atoms with Crippen molar-refractivity contribution in [1.82, 2.24) is 5.43 Å². The lowest BCUT2D eigenvalue weighted by Crippen LogP contribution is -2.26. The van der Waals surface area contributed by atoms with Crippen LogP contribution < -0.4 is 10.2 Å². The van der Waals surface area contributed by atoms with Gasteiger partial charge in [-0.15, -0.1) is 0 Å². The molecule has 2 rings (SSSR count). The molecule has 0 radical (unpaired) electrons. The molecule has 1 N–H and O–H groups in total. The average Bonchev–Trinajstić information content (AvgIpc) is 2.55. The summed E-state index contributed by atoms with van der Waals surface area (Å²) in [6.45, 7) is 3.86. The Morgan fingerprint density at radius 2 is 1.79 bits per heavy atom. The highest BCUT2D eigenvalue weighted by molar-refractivity contribution is 9.11.